The second kappa shape index (κ2) is 8.69. The summed E-state index contributed by atoms with van der Waals surface area (Å²) in [6, 6.07) is 43.5. The van der Waals surface area contributed by atoms with Gasteiger partial charge in [0.1, 0.15) is 56.8 Å². The molecule has 3 aliphatic rings. The monoisotopic (exact) mass is 616 g/mol. The van der Waals surface area contributed by atoms with Gasteiger partial charge in [0, 0.05) is 49.1 Å². The lowest BCUT2D eigenvalue weighted by molar-refractivity contribution is 0.443. The Balaban J connectivity index is 1.10. The zero-order chi connectivity index (χ0) is 31.1. The molecule has 3 aliphatic heterocycles. The van der Waals surface area contributed by atoms with Crippen LogP contribution >= 0.6 is 0 Å². The first-order chi connectivity index (χ1) is 23.8. The minimum absolute atomic E-state index is 0.0884. The molecule has 222 valence electrons. The first-order valence-corrected chi connectivity index (χ1v) is 16.1. The summed E-state index contributed by atoms with van der Waals surface area (Å²) in [5, 5.41) is 4.35. The number of hydrogen-bond acceptors (Lipinski definition) is 5. The fourth-order valence-electron chi connectivity index (χ4n) is 8.14. The summed E-state index contributed by atoms with van der Waals surface area (Å²) in [6.45, 7) is -0.0884. The molecule has 12 rings (SSSR count). The Bertz CT molecular complexity index is 2700. The van der Waals surface area contributed by atoms with Gasteiger partial charge in [-0.05, 0) is 59.7 Å². The van der Waals surface area contributed by atoms with Gasteiger partial charge in [0.15, 0.2) is 0 Å². The van der Waals surface area contributed by atoms with Gasteiger partial charge in [0.2, 0.25) is 0 Å². The highest BCUT2D eigenvalue weighted by atomic mass is 16.5. The highest BCUT2D eigenvalue weighted by Crippen LogP contribution is 2.47. The Kier molecular flexibility index (Phi) is 4.49. The molecule has 0 N–H and O–H groups in total. The lowest BCUT2D eigenvalue weighted by atomic mass is 9.34. The van der Waals surface area contributed by atoms with Crippen LogP contribution < -0.4 is 30.6 Å². The SMILES string of the molecule is c1cc2c3c(c1)Oc1cc(-c4cccc5c4oc4ccccc45)cc4c1B3c1c(cc(-c3cccc5c3oc3ccccc35)cc1O4)O2. The molecular weight excluding hydrogens is 595 g/mol. The van der Waals surface area contributed by atoms with E-state index < -0.39 is 0 Å². The molecule has 0 fully saturated rings. The largest absolute Gasteiger partial charge is 0.458 e. The van der Waals surface area contributed by atoms with Crippen molar-refractivity contribution in [3.8, 4) is 56.8 Å². The van der Waals surface area contributed by atoms with Gasteiger partial charge in [-0.25, -0.2) is 0 Å². The summed E-state index contributed by atoms with van der Waals surface area (Å²) in [5.41, 5.74) is 10.4. The topological polar surface area (TPSA) is 54.0 Å². The summed E-state index contributed by atoms with van der Waals surface area (Å²) in [5.74, 6) is 4.68. The molecule has 2 aromatic heterocycles. The molecule has 9 aromatic rings. The van der Waals surface area contributed by atoms with E-state index >= 15 is 0 Å². The first-order valence-electron chi connectivity index (χ1n) is 16.1. The van der Waals surface area contributed by atoms with Gasteiger partial charge >= 0.3 is 0 Å². The van der Waals surface area contributed by atoms with Crippen LogP contribution in [0.5, 0.6) is 34.5 Å². The van der Waals surface area contributed by atoms with Gasteiger partial charge in [-0.15, -0.1) is 0 Å². The predicted octanol–water partition coefficient (Wildman–Crippen LogP) is 9.65. The van der Waals surface area contributed by atoms with Gasteiger partial charge in [-0.1, -0.05) is 78.9 Å². The zero-order valence-corrected chi connectivity index (χ0v) is 25.2. The summed E-state index contributed by atoms with van der Waals surface area (Å²) < 4.78 is 33.1. The van der Waals surface area contributed by atoms with E-state index in [0.717, 1.165) is 117 Å². The van der Waals surface area contributed by atoms with Crippen LogP contribution in [-0.4, -0.2) is 6.71 Å². The van der Waals surface area contributed by atoms with Crippen molar-refractivity contribution in [2.75, 3.05) is 0 Å². The van der Waals surface area contributed by atoms with Crippen LogP contribution in [0.4, 0.5) is 0 Å². The van der Waals surface area contributed by atoms with E-state index in [1.807, 2.05) is 54.6 Å². The maximum absolute atomic E-state index is 6.89. The van der Waals surface area contributed by atoms with Crippen molar-refractivity contribution in [1.82, 2.24) is 0 Å². The molecule has 0 amide bonds. The number of benzene rings is 7. The molecule has 0 atom stereocenters. The summed E-state index contributed by atoms with van der Waals surface area (Å²) in [6.07, 6.45) is 0. The Morgan fingerprint density at radius 3 is 1.25 bits per heavy atom. The number of para-hydroxylation sites is 4. The molecule has 0 unspecified atom stereocenters. The van der Waals surface area contributed by atoms with Crippen LogP contribution in [0.2, 0.25) is 0 Å². The molecule has 48 heavy (non-hydrogen) atoms. The van der Waals surface area contributed by atoms with E-state index in [-0.39, 0.29) is 6.71 Å². The average molecular weight is 616 g/mol. The molecule has 7 aromatic carbocycles. The van der Waals surface area contributed by atoms with E-state index in [0.29, 0.717) is 0 Å². The van der Waals surface area contributed by atoms with Crippen LogP contribution in [0.25, 0.3) is 66.1 Å². The van der Waals surface area contributed by atoms with Crippen LogP contribution in [0.15, 0.2) is 136 Å². The van der Waals surface area contributed by atoms with Crippen molar-refractivity contribution in [2.24, 2.45) is 0 Å². The number of fused-ring (bicyclic) bond motifs is 6. The molecule has 5 heterocycles. The van der Waals surface area contributed by atoms with E-state index in [2.05, 4.69) is 72.8 Å². The minimum Gasteiger partial charge on any atom is -0.458 e. The van der Waals surface area contributed by atoms with Crippen molar-refractivity contribution >= 4 is 67.0 Å². The molecule has 0 aliphatic carbocycles. The van der Waals surface area contributed by atoms with Crippen LogP contribution in [0.1, 0.15) is 0 Å². The molecule has 0 bridgehead atoms. The third kappa shape index (κ3) is 3.12. The summed E-state index contributed by atoms with van der Waals surface area (Å²) in [7, 11) is 0. The third-order valence-corrected chi connectivity index (χ3v) is 10.2. The van der Waals surface area contributed by atoms with Crippen LogP contribution in [0, 0.1) is 0 Å². The van der Waals surface area contributed by atoms with E-state index in [4.69, 9.17) is 23.0 Å². The standard InChI is InChI=1S/C42H21BO5/c1-3-14-30-26(8-1)28-12-5-10-24(41(28)47-30)22-18-34-39-36(20-22)46-37-21-23(25-11-6-13-29-27-9-2-4-15-31(27)48-42(25)29)19-35-40(37)43(39)38-32(44-34)16-7-17-33(38)45-35/h1-21H. The zero-order valence-electron chi connectivity index (χ0n) is 25.2. The summed E-state index contributed by atoms with van der Waals surface area (Å²) >= 11 is 0. The van der Waals surface area contributed by atoms with Crippen LogP contribution in [0.3, 0.4) is 0 Å². The fraction of sp³-hybridized carbons (Fsp3) is 0. The molecular formula is C42H21BO5. The number of rotatable bonds is 2. The molecule has 0 radical (unpaired) electrons. The van der Waals surface area contributed by atoms with Gasteiger partial charge in [-0.2, -0.15) is 0 Å². The highest BCUT2D eigenvalue weighted by molar-refractivity contribution is 6.99. The summed E-state index contributed by atoms with van der Waals surface area (Å²) in [4.78, 5) is 0. The third-order valence-electron chi connectivity index (χ3n) is 10.2. The van der Waals surface area contributed by atoms with E-state index in [1.54, 1.807) is 0 Å². The van der Waals surface area contributed by atoms with Crippen molar-refractivity contribution < 1.29 is 23.0 Å². The Morgan fingerprint density at radius 1 is 0.354 bits per heavy atom. The maximum atomic E-state index is 6.89. The van der Waals surface area contributed by atoms with Gasteiger partial charge < -0.3 is 23.0 Å². The predicted molar refractivity (Wildman–Crippen MR) is 190 cm³/mol. The molecule has 6 heteroatoms. The second-order valence-corrected chi connectivity index (χ2v) is 12.7. The van der Waals surface area contributed by atoms with E-state index in [9.17, 15) is 0 Å². The first kappa shape index (κ1) is 24.8. The number of furan rings is 2. The van der Waals surface area contributed by atoms with Gasteiger partial charge in [0.05, 0.1) is 0 Å². The number of ether oxygens (including phenoxy) is 3. The highest BCUT2D eigenvalue weighted by Gasteiger charge is 2.47. The van der Waals surface area contributed by atoms with Crippen LogP contribution in [-0.2, 0) is 0 Å². The van der Waals surface area contributed by atoms with Gasteiger partial charge in [-0.3, -0.25) is 0 Å². The molecule has 5 nitrogen and oxygen atoms in total. The minimum atomic E-state index is -0.0884. The smallest absolute Gasteiger partial charge is 0.270 e. The maximum Gasteiger partial charge on any atom is 0.270 e. The Morgan fingerprint density at radius 2 is 0.750 bits per heavy atom. The van der Waals surface area contributed by atoms with Gasteiger partial charge in [0.25, 0.3) is 6.71 Å². The second-order valence-electron chi connectivity index (χ2n) is 12.7. The Hall–Kier alpha value is -6.40. The van der Waals surface area contributed by atoms with Crippen molar-refractivity contribution in [1.29, 1.82) is 0 Å². The number of hydrogen-bond donors (Lipinski definition) is 0. The molecule has 0 saturated carbocycles. The average Bonchev–Trinajstić information content (AvgIpc) is 3.70. The molecule has 0 spiro atoms. The van der Waals surface area contributed by atoms with E-state index in [1.165, 1.54) is 0 Å². The lowest BCUT2D eigenvalue weighted by Crippen LogP contribution is -2.59. The molecule has 0 saturated heterocycles. The van der Waals surface area contributed by atoms with Crippen molar-refractivity contribution in [3.63, 3.8) is 0 Å². The quantitative estimate of drug-likeness (QED) is 0.181. The van der Waals surface area contributed by atoms with Crippen molar-refractivity contribution in [3.05, 3.63) is 127 Å². The Labute approximate surface area is 273 Å². The fourth-order valence-corrected chi connectivity index (χ4v) is 8.14. The normalized spacial score (nSPS) is 13.5. The van der Waals surface area contributed by atoms with Crippen molar-refractivity contribution in [2.45, 2.75) is 0 Å². The lowest BCUT2D eigenvalue weighted by Gasteiger charge is -2.37.